The van der Waals surface area contributed by atoms with Gasteiger partial charge in [0, 0.05) is 6.42 Å². The van der Waals surface area contributed by atoms with E-state index in [9.17, 15) is 13.2 Å². The molecule has 0 unspecified atom stereocenters. The van der Waals surface area contributed by atoms with Gasteiger partial charge in [-0.15, -0.1) is 0 Å². The van der Waals surface area contributed by atoms with Gasteiger partial charge in [0.2, 0.25) is 0 Å². The minimum atomic E-state index is -4.07. The topological polar surface area (TPSA) is 24.7 Å². The fraction of sp³-hybridized carbons (Fsp3) is 0.667. The molecule has 0 amide bonds. The Labute approximate surface area is 71.0 Å². The van der Waals surface area contributed by atoms with Crippen molar-refractivity contribution in [2.24, 2.45) is 9.32 Å². The van der Waals surface area contributed by atoms with Gasteiger partial charge in [-0.3, -0.25) is 0 Å². The van der Waals surface area contributed by atoms with Crippen LogP contribution in [0.1, 0.15) is 12.8 Å². The Morgan fingerprint density at radius 1 is 1.17 bits per heavy atom. The molecule has 0 aromatic rings. The highest BCUT2D eigenvalue weighted by Crippen LogP contribution is 2.22. The smallest absolute Gasteiger partial charge is 0.314 e. The number of hydrogen-bond donors (Lipinski definition) is 0. The van der Waals surface area contributed by atoms with Crippen molar-refractivity contribution < 1.29 is 13.2 Å². The van der Waals surface area contributed by atoms with Gasteiger partial charge in [0.05, 0.1) is 0 Å². The Bertz CT molecular complexity index is 149. The third-order valence-electron chi connectivity index (χ3n) is 1.34. The van der Waals surface area contributed by atoms with E-state index < -0.39 is 21.7 Å². The highest BCUT2D eigenvalue weighted by molar-refractivity contribution is 6.56. The molecule has 0 heterocycles. The first-order valence-electron chi connectivity index (χ1n) is 3.48. The summed E-state index contributed by atoms with van der Waals surface area (Å²) in [4.78, 5) is 0. The molecule has 0 aromatic heterocycles. The van der Waals surface area contributed by atoms with E-state index in [1.54, 1.807) is 0 Å². The molecule has 0 aromatic carbocycles. The molecular weight excluding hydrogens is 185 g/mol. The van der Waals surface area contributed by atoms with E-state index in [0.717, 1.165) is 0 Å². The molecule has 0 saturated carbocycles. The minimum Gasteiger partial charge on any atom is -0.314 e. The fourth-order valence-electron chi connectivity index (χ4n) is 0.725. The first-order valence-corrected chi connectivity index (χ1v) is 5.33. The Hall–Kier alpha value is -0.653. The molecule has 12 heavy (non-hydrogen) atoms. The van der Waals surface area contributed by atoms with E-state index in [2.05, 4.69) is 22.8 Å². The molecule has 2 nitrogen and oxygen atoms in total. The highest BCUT2D eigenvalue weighted by Gasteiger charge is 2.26. The lowest BCUT2D eigenvalue weighted by atomic mass is 10.3. The number of rotatable bonds is 5. The van der Waals surface area contributed by atoms with E-state index in [-0.39, 0.29) is 6.42 Å². The number of alkyl halides is 3. The van der Waals surface area contributed by atoms with Crippen LogP contribution in [0.4, 0.5) is 13.2 Å². The van der Waals surface area contributed by atoms with Crippen molar-refractivity contribution in [2.75, 3.05) is 0 Å². The van der Waals surface area contributed by atoms with Gasteiger partial charge < -0.3 is 9.32 Å². The van der Waals surface area contributed by atoms with E-state index >= 15 is 0 Å². The second kappa shape index (κ2) is 5.07. The minimum absolute atomic E-state index is 0.0818. The Kier molecular flexibility index (Phi) is 4.80. The summed E-state index contributed by atoms with van der Waals surface area (Å²) in [7, 11) is -1.75. The summed E-state index contributed by atoms with van der Waals surface area (Å²) < 4.78 is 42.1. The molecule has 0 spiro atoms. The Morgan fingerprint density at radius 2 is 1.67 bits per heavy atom. The van der Waals surface area contributed by atoms with Crippen LogP contribution in [0.2, 0.25) is 6.04 Å². The summed E-state index contributed by atoms with van der Waals surface area (Å²) in [6.07, 6.45) is -4.75. The lowest BCUT2D eigenvalue weighted by molar-refractivity contribution is -0.134. The van der Waals surface area contributed by atoms with Crippen molar-refractivity contribution in [1.29, 1.82) is 0 Å². The van der Waals surface area contributed by atoms with Gasteiger partial charge in [0.15, 0.2) is 0 Å². The van der Waals surface area contributed by atoms with Crippen molar-refractivity contribution >= 4 is 22.6 Å². The normalized spacial score (nSPS) is 11.7. The van der Waals surface area contributed by atoms with Crippen molar-refractivity contribution in [3.05, 3.63) is 0 Å². The van der Waals surface area contributed by atoms with Crippen LogP contribution in [0.3, 0.4) is 0 Å². The summed E-state index contributed by atoms with van der Waals surface area (Å²) in [5.41, 5.74) is 0. The van der Waals surface area contributed by atoms with Crippen LogP contribution >= 0.6 is 0 Å². The third-order valence-corrected chi connectivity index (χ3v) is 3.11. The maximum absolute atomic E-state index is 11.6. The predicted octanol–water partition coefficient (Wildman–Crippen LogP) is 1.95. The Balaban J connectivity index is 3.55. The van der Waals surface area contributed by atoms with Crippen LogP contribution in [0.15, 0.2) is 9.32 Å². The van der Waals surface area contributed by atoms with E-state index in [1.165, 1.54) is 0 Å². The summed E-state index contributed by atoms with van der Waals surface area (Å²) in [5.74, 6) is 0. The molecule has 0 fully saturated rings. The summed E-state index contributed by atoms with van der Waals surface area (Å²) in [6, 6.07) is 0.395. The summed E-state index contributed by atoms with van der Waals surface area (Å²) >= 11 is 0. The van der Waals surface area contributed by atoms with E-state index in [1.807, 2.05) is 0 Å². The first-order chi connectivity index (χ1) is 5.49. The monoisotopic (exact) mass is 196 g/mol. The molecule has 70 valence electrons. The maximum Gasteiger partial charge on any atom is 0.389 e. The average molecular weight is 196 g/mol. The second-order valence-electron chi connectivity index (χ2n) is 2.35. The SMILES string of the molecule is C=N[SiH](CCCC(F)(F)F)N=C. The third kappa shape index (κ3) is 6.08. The molecule has 0 saturated heterocycles. The molecule has 0 aliphatic heterocycles. The quantitative estimate of drug-likeness (QED) is 0.474. The Morgan fingerprint density at radius 3 is 2.00 bits per heavy atom. The van der Waals surface area contributed by atoms with Crippen LogP contribution in [-0.4, -0.2) is 28.7 Å². The van der Waals surface area contributed by atoms with Crippen LogP contribution < -0.4 is 0 Å². The number of halogens is 3. The zero-order valence-electron chi connectivity index (χ0n) is 6.64. The van der Waals surface area contributed by atoms with Crippen LogP contribution in [-0.2, 0) is 0 Å². The van der Waals surface area contributed by atoms with Crippen molar-refractivity contribution in [3.8, 4) is 0 Å². The highest BCUT2D eigenvalue weighted by atomic mass is 28.3. The van der Waals surface area contributed by atoms with Gasteiger partial charge in [-0.1, -0.05) is 0 Å². The van der Waals surface area contributed by atoms with Crippen LogP contribution in [0, 0.1) is 0 Å². The average Bonchev–Trinajstić information content (AvgIpc) is 1.96. The number of hydrogen-bond acceptors (Lipinski definition) is 2. The largest absolute Gasteiger partial charge is 0.389 e. The van der Waals surface area contributed by atoms with Gasteiger partial charge in [-0.05, 0) is 25.9 Å². The second-order valence-corrected chi connectivity index (χ2v) is 4.62. The van der Waals surface area contributed by atoms with Gasteiger partial charge in [0.1, 0.15) is 0 Å². The molecule has 6 heteroatoms. The van der Waals surface area contributed by atoms with Gasteiger partial charge in [-0.2, -0.15) is 13.2 Å². The molecule has 0 bridgehead atoms. The predicted molar refractivity (Wildman–Crippen MR) is 46.3 cm³/mol. The summed E-state index contributed by atoms with van der Waals surface area (Å²) in [5, 5.41) is 0. The van der Waals surface area contributed by atoms with E-state index in [0.29, 0.717) is 6.04 Å². The molecular formula is C6H11F3N2Si. The van der Waals surface area contributed by atoms with Gasteiger partial charge >= 0.3 is 6.18 Å². The molecule has 0 rings (SSSR count). The summed E-state index contributed by atoms with van der Waals surface area (Å²) in [6.45, 7) is 6.49. The van der Waals surface area contributed by atoms with Gasteiger partial charge in [0.25, 0.3) is 9.12 Å². The van der Waals surface area contributed by atoms with Crippen LogP contribution in [0.25, 0.3) is 0 Å². The number of nitrogens with zero attached hydrogens (tertiary/aromatic N) is 2. The lowest BCUT2D eigenvalue weighted by Crippen LogP contribution is -2.10. The molecule has 0 aliphatic rings. The first kappa shape index (κ1) is 11.3. The van der Waals surface area contributed by atoms with Crippen molar-refractivity contribution in [2.45, 2.75) is 25.1 Å². The standard InChI is InChI=1S/C6H11F3N2Si/c1-10-12(11-2)5-3-4-6(7,8)9/h12H,1-5H2. The van der Waals surface area contributed by atoms with Crippen LogP contribution in [0.5, 0.6) is 0 Å². The van der Waals surface area contributed by atoms with E-state index in [4.69, 9.17) is 0 Å². The zero-order valence-corrected chi connectivity index (χ0v) is 7.80. The molecule has 0 aliphatic carbocycles. The molecule has 0 radical (unpaired) electrons. The van der Waals surface area contributed by atoms with Gasteiger partial charge in [-0.25, -0.2) is 0 Å². The van der Waals surface area contributed by atoms with Crippen molar-refractivity contribution in [3.63, 3.8) is 0 Å². The lowest BCUT2D eigenvalue weighted by Gasteiger charge is -2.06. The van der Waals surface area contributed by atoms with Crippen molar-refractivity contribution in [1.82, 2.24) is 0 Å². The molecule has 0 N–H and O–H groups in total. The zero-order chi connectivity index (χ0) is 9.61. The fourth-order valence-corrected chi connectivity index (χ4v) is 1.78. The molecule has 0 atom stereocenters. The maximum atomic E-state index is 11.6.